The van der Waals surface area contributed by atoms with Crippen molar-refractivity contribution in [2.45, 2.75) is 13.8 Å². The van der Waals surface area contributed by atoms with Crippen molar-refractivity contribution in [1.82, 2.24) is 4.98 Å². The molecule has 0 saturated heterocycles. The van der Waals surface area contributed by atoms with Gasteiger partial charge in [-0.05, 0) is 54.3 Å². The first-order valence-corrected chi connectivity index (χ1v) is 7.93. The van der Waals surface area contributed by atoms with Crippen molar-refractivity contribution in [2.24, 2.45) is 0 Å². The summed E-state index contributed by atoms with van der Waals surface area (Å²) in [6.45, 7) is 11.4. The molecule has 0 bridgehead atoms. The van der Waals surface area contributed by atoms with E-state index in [2.05, 4.69) is 49.0 Å². The molecule has 0 aliphatic rings. The molecule has 0 aliphatic carbocycles. The zero-order valence-electron chi connectivity index (χ0n) is 13.7. The molecule has 0 spiro atoms. The van der Waals surface area contributed by atoms with Gasteiger partial charge < -0.3 is 0 Å². The number of pyridine rings is 1. The van der Waals surface area contributed by atoms with Crippen molar-refractivity contribution >= 4 is 27.2 Å². The lowest BCUT2D eigenvalue weighted by atomic mass is 9.96. The van der Waals surface area contributed by atoms with Crippen LogP contribution in [0.1, 0.15) is 11.1 Å². The molecule has 0 fully saturated rings. The molecule has 4 rings (SSSR count). The number of rotatable bonds is 1. The minimum absolute atomic E-state index is 0.665. The van der Waals surface area contributed by atoms with E-state index in [1.165, 1.54) is 16.5 Å². The first-order chi connectivity index (χ1) is 11.7. The molecule has 1 aromatic heterocycles. The number of aryl methyl sites for hydroxylation is 2. The number of hydrogen-bond acceptors (Lipinski definition) is 1. The second kappa shape index (κ2) is 5.47. The Kier molecular flexibility index (Phi) is 3.29. The number of nitrogens with zero attached hydrogens (tertiary/aromatic N) is 2. The third-order valence-electron chi connectivity index (χ3n) is 4.35. The Hall–Kier alpha value is -3.18. The highest BCUT2D eigenvalue weighted by Crippen LogP contribution is 2.34. The van der Waals surface area contributed by atoms with Crippen molar-refractivity contribution in [2.75, 3.05) is 0 Å². The van der Waals surface area contributed by atoms with Gasteiger partial charge in [0.2, 0.25) is 0 Å². The molecule has 0 N–H and O–H groups in total. The maximum atomic E-state index is 7.22. The predicted molar refractivity (Wildman–Crippen MR) is 100 cm³/mol. The largest absolute Gasteiger partial charge is 0.256 e. The summed E-state index contributed by atoms with van der Waals surface area (Å²) >= 11 is 0. The smallest absolute Gasteiger partial charge is 0.187 e. The van der Waals surface area contributed by atoms with Gasteiger partial charge in [-0.25, -0.2) is 4.85 Å². The summed E-state index contributed by atoms with van der Waals surface area (Å²) in [6.07, 6.45) is 1.87. The van der Waals surface area contributed by atoms with Crippen LogP contribution in [-0.4, -0.2) is 4.98 Å². The van der Waals surface area contributed by atoms with Crippen molar-refractivity contribution in [1.29, 1.82) is 0 Å². The number of aromatic nitrogens is 1. The van der Waals surface area contributed by atoms with E-state index in [9.17, 15) is 0 Å². The maximum Gasteiger partial charge on any atom is 0.187 e. The zero-order valence-corrected chi connectivity index (χ0v) is 13.7. The first-order valence-electron chi connectivity index (χ1n) is 7.93. The Bertz CT molecular complexity index is 1110. The summed E-state index contributed by atoms with van der Waals surface area (Å²) < 4.78 is 0. The quantitative estimate of drug-likeness (QED) is 0.301. The van der Waals surface area contributed by atoms with Crippen LogP contribution in [0.5, 0.6) is 0 Å². The fourth-order valence-corrected chi connectivity index (χ4v) is 3.39. The molecule has 0 aliphatic heterocycles. The predicted octanol–water partition coefficient (Wildman–Crippen LogP) is 6.22. The monoisotopic (exact) mass is 308 g/mol. The normalized spacial score (nSPS) is 10.9. The van der Waals surface area contributed by atoms with E-state index in [0.717, 1.165) is 27.4 Å². The zero-order chi connectivity index (χ0) is 16.7. The molecule has 1 heterocycles. The Morgan fingerprint density at radius 1 is 0.833 bits per heavy atom. The number of fused-ring (bicyclic) bond motifs is 3. The lowest BCUT2D eigenvalue weighted by Crippen LogP contribution is -1.89. The lowest BCUT2D eigenvalue weighted by Gasteiger charge is -2.11. The van der Waals surface area contributed by atoms with E-state index in [0.29, 0.717) is 5.69 Å². The van der Waals surface area contributed by atoms with Crippen LogP contribution in [0.25, 0.3) is 37.6 Å². The standard InChI is InChI=1S/C22H16N2/c1-14-10-15(2)12-18(11-14)22-21-16(8-9-24-22)4-5-17-13-19(23-3)6-7-20(17)21/h4-13H,1-2H3. The van der Waals surface area contributed by atoms with Crippen LogP contribution in [0.4, 0.5) is 5.69 Å². The molecule has 2 nitrogen and oxygen atoms in total. The first kappa shape index (κ1) is 14.4. The molecular formula is C22H16N2. The molecule has 0 unspecified atom stereocenters. The lowest BCUT2D eigenvalue weighted by molar-refractivity contribution is 1.33. The summed E-state index contributed by atoms with van der Waals surface area (Å²) in [5.41, 5.74) is 5.28. The Morgan fingerprint density at radius 2 is 1.58 bits per heavy atom. The molecule has 0 amide bonds. The fourth-order valence-electron chi connectivity index (χ4n) is 3.39. The van der Waals surface area contributed by atoms with E-state index < -0.39 is 0 Å². The Labute approximate surface area is 141 Å². The van der Waals surface area contributed by atoms with Crippen molar-refractivity contribution in [3.8, 4) is 11.3 Å². The molecular weight excluding hydrogens is 292 g/mol. The van der Waals surface area contributed by atoms with Crippen LogP contribution in [0.3, 0.4) is 0 Å². The van der Waals surface area contributed by atoms with Crippen LogP contribution < -0.4 is 0 Å². The summed E-state index contributed by atoms with van der Waals surface area (Å²) in [4.78, 5) is 8.23. The number of hydrogen-bond donors (Lipinski definition) is 0. The van der Waals surface area contributed by atoms with Crippen molar-refractivity contribution in [3.63, 3.8) is 0 Å². The highest BCUT2D eigenvalue weighted by Gasteiger charge is 2.10. The van der Waals surface area contributed by atoms with Crippen LogP contribution in [0.2, 0.25) is 0 Å². The van der Waals surface area contributed by atoms with Gasteiger partial charge in [0.1, 0.15) is 0 Å². The van der Waals surface area contributed by atoms with E-state index in [1.807, 2.05) is 30.5 Å². The minimum Gasteiger partial charge on any atom is -0.256 e. The molecule has 2 heteroatoms. The number of benzene rings is 3. The summed E-state index contributed by atoms with van der Waals surface area (Å²) in [7, 11) is 0. The summed E-state index contributed by atoms with van der Waals surface area (Å²) in [6, 6.07) is 18.6. The Morgan fingerprint density at radius 3 is 2.33 bits per heavy atom. The highest BCUT2D eigenvalue weighted by molar-refractivity contribution is 6.13. The van der Waals surface area contributed by atoms with E-state index in [-0.39, 0.29) is 0 Å². The highest BCUT2D eigenvalue weighted by atomic mass is 14.7. The minimum atomic E-state index is 0.665. The topological polar surface area (TPSA) is 17.2 Å². The van der Waals surface area contributed by atoms with Crippen LogP contribution in [0, 0.1) is 20.4 Å². The fraction of sp³-hybridized carbons (Fsp3) is 0.0909. The van der Waals surface area contributed by atoms with Gasteiger partial charge in [-0.3, -0.25) is 4.98 Å². The second-order valence-corrected chi connectivity index (χ2v) is 6.22. The molecule has 114 valence electrons. The van der Waals surface area contributed by atoms with Gasteiger partial charge in [-0.1, -0.05) is 41.5 Å². The molecule has 24 heavy (non-hydrogen) atoms. The third kappa shape index (κ3) is 2.31. The average molecular weight is 308 g/mol. The summed E-state index contributed by atoms with van der Waals surface area (Å²) in [5, 5.41) is 4.54. The van der Waals surface area contributed by atoms with Gasteiger partial charge in [0.15, 0.2) is 5.69 Å². The molecule has 4 aromatic rings. The SMILES string of the molecule is [C-]#[N+]c1ccc2c(ccc3ccnc(-c4cc(C)cc(C)c4)c32)c1. The Balaban J connectivity index is 2.12. The molecule has 3 aromatic carbocycles. The van der Waals surface area contributed by atoms with Crippen LogP contribution in [0.15, 0.2) is 60.8 Å². The summed E-state index contributed by atoms with van der Waals surface area (Å²) in [5.74, 6) is 0. The van der Waals surface area contributed by atoms with E-state index in [4.69, 9.17) is 11.6 Å². The van der Waals surface area contributed by atoms with Gasteiger partial charge in [-0.15, -0.1) is 0 Å². The molecule has 0 radical (unpaired) electrons. The van der Waals surface area contributed by atoms with Gasteiger partial charge >= 0.3 is 0 Å². The van der Waals surface area contributed by atoms with E-state index >= 15 is 0 Å². The molecule has 0 atom stereocenters. The average Bonchev–Trinajstić information content (AvgIpc) is 2.59. The maximum absolute atomic E-state index is 7.22. The van der Waals surface area contributed by atoms with Gasteiger partial charge in [0.25, 0.3) is 0 Å². The van der Waals surface area contributed by atoms with Crippen molar-refractivity contribution < 1.29 is 0 Å². The van der Waals surface area contributed by atoms with Gasteiger partial charge in [0.05, 0.1) is 12.3 Å². The van der Waals surface area contributed by atoms with Crippen LogP contribution >= 0.6 is 0 Å². The molecule has 0 saturated carbocycles. The van der Waals surface area contributed by atoms with Gasteiger partial charge in [0, 0.05) is 17.1 Å². The third-order valence-corrected chi connectivity index (χ3v) is 4.35. The van der Waals surface area contributed by atoms with E-state index in [1.54, 1.807) is 0 Å². The van der Waals surface area contributed by atoms with Crippen molar-refractivity contribution in [3.05, 3.63) is 83.3 Å². The second-order valence-electron chi connectivity index (χ2n) is 6.22. The van der Waals surface area contributed by atoms with Crippen LogP contribution in [-0.2, 0) is 0 Å². The van der Waals surface area contributed by atoms with Gasteiger partial charge in [-0.2, -0.15) is 0 Å².